The van der Waals surface area contributed by atoms with E-state index in [9.17, 15) is 0 Å². The van der Waals surface area contributed by atoms with Crippen LogP contribution in [-0.2, 0) is 0 Å². The topological polar surface area (TPSA) is 29.3 Å². The standard InChI is InChI=1S/C14H21ClN2/c1-2-17(10-11-3-4-11)14(9-16)12-5-7-13(15)8-6-12/h5-8,11,14H,2-4,9-10,16H2,1H3. The van der Waals surface area contributed by atoms with Gasteiger partial charge in [0.15, 0.2) is 0 Å². The number of nitrogens with zero attached hydrogens (tertiary/aromatic N) is 1. The van der Waals surface area contributed by atoms with Crippen LogP contribution in [0.2, 0.25) is 5.02 Å². The van der Waals surface area contributed by atoms with E-state index < -0.39 is 0 Å². The quantitative estimate of drug-likeness (QED) is 0.843. The Bertz CT molecular complexity index is 346. The molecule has 1 aromatic carbocycles. The molecule has 1 unspecified atom stereocenters. The Hall–Kier alpha value is -0.570. The summed E-state index contributed by atoms with van der Waals surface area (Å²) in [7, 11) is 0. The van der Waals surface area contributed by atoms with Crippen molar-refractivity contribution in [3.8, 4) is 0 Å². The van der Waals surface area contributed by atoms with Crippen LogP contribution in [0.5, 0.6) is 0 Å². The molecule has 17 heavy (non-hydrogen) atoms. The Kier molecular flexibility index (Phi) is 4.43. The van der Waals surface area contributed by atoms with Gasteiger partial charge in [0.2, 0.25) is 0 Å². The van der Waals surface area contributed by atoms with Crippen molar-refractivity contribution in [3.05, 3.63) is 34.9 Å². The largest absolute Gasteiger partial charge is 0.329 e. The zero-order valence-electron chi connectivity index (χ0n) is 10.4. The number of rotatable bonds is 6. The molecular formula is C14H21ClN2. The second-order valence-electron chi connectivity index (χ2n) is 4.83. The van der Waals surface area contributed by atoms with E-state index in [1.165, 1.54) is 24.9 Å². The minimum atomic E-state index is 0.331. The summed E-state index contributed by atoms with van der Waals surface area (Å²) >= 11 is 5.92. The van der Waals surface area contributed by atoms with Gasteiger partial charge >= 0.3 is 0 Å². The third kappa shape index (κ3) is 3.44. The summed E-state index contributed by atoms with van der Waals surface area (Å²) < 4.78 is 0. The second-order valence-corrected chi connectivity index (χ2v) is 5.27. The predicted molar refractivity (Wildman–Crippen MR) is 73.2 cm³/mol. The maximum atomic E-state index is 5.94. The van der Waals surface area contributed by atoms with Gasteiger partial charge in [-0.25, -0.2) is 0 Å². The summed E-state index contributed by atoms with van der Waals surface area (Å²) in [5, 5.41) is 0.787. The highest BCUT2D eigenvalue weighted by Gasteiger charge is 2.27. The molecule has 1 fully saturated rings. The molecule has 0 aliphatic heterocycles. The molecule has 0 saturated heterocycles. The molecule has 0 amide bonds. The zero-order valence-corrected chi connectivity index (χ0v) is 11.2. The van der Waals surface area contributed by atoms with Crippen LogP contribution in [0.25, 0.3) is 0 Å². The van der Waals surface area contributed by atoms with Crippen LogP contribution < -0.4 is 5.73 Å². The van der Waals surface area contributed by atoms with Gasteiger partial charge in [0.05, 0.1) is 0 Å². The van der Waals surface area contributed by atoms with Crippen molar-refractivity contribution in [1.29, 1.82) is 0 Å². The smallest absolute Gasteiger partial charge is 0.0470 e. The van der Waals surface area contributed by atoms with Gasteiger partial charge < -0.3 is 5.73 Å². The van der Waals surface area contributed by atoms with Gasteiger partial charge in [-0.1, -0.05) is 30.7 Å². The molecule has 0 spiro atoms. The van der Waals surface area contributed by atoms with Gasteiger partial charge in [-0.05, 0) is 43.0 Å². The number of nitrogens with two attached hydrogens (primary N) is 1. The molecule has 3 heteroatoms. The van der Waals surface area contributed by atoms with Crippen molar-refractivity contribution in [3.63, 3.8) is 0 Å². The van der Waals surface area contributed by atoms with Crippen molar-refractivity contribution < 1.29 is 0 Å². The number of benzene rings is 1. The van der Waals surface area contributed by atoms with Crippen molar-refractivity contribution in [1.82, 2.24) is 4.90 Å². The highest BCUT2D eigenvalue weighted by atomic mass is 35.5. The SMILES string of the molecule is CCN(CC1CC1)C(CN)c1ccc(Cl)cc1. The molecule has 1 aromatic rings. The maximum absolute atomic E-state index is 5.94. The van der Waals surface area contributed by atoms with Crippen LogP contribution in [0.3, 0.4) is 0 Å². The summed E-state index contributed by atoms with van der Waals surface area (Å²) in [6, 6.07) is 8.41. The lowest BCUT2D eigenvalue weighted by Crippen LogP contribution is -2.35. The molecule has 1 saturated carbocycles. The number of likely N-dealkylation sites (N-methyl/N-ethyl adjacent to an activating group) is 1. The van der Waals surface area contributed by atoms with Crippen molar-refractivity contribution >= 4 is 11.6 Å². The third-order valence-electron chi connectivity index (χ3n) is 3.51. The van der Waals surface area contributed by atoms with Crippen LogP contribution in [0, 0.1) is 5.92 Å². The molecule has 0 bridgehead atoms. The first-order valence-electron chi connectivity index (χ1n) is 6.44. The third-order valence-corrected chi connectivity index (χ3v) is 3.77. The fourth-order valence-electron chi connectivity index (χ4n) is 2.29. The average molecular weight is 253 g/mol. The lowest BCUT2D eigenvalue weighted by molar-refractivity contribution is 0.203. The molecular weight excluding hydrogens is 232 g/mol. The molecule has 1 aliphatic carbocycles. The first kappa shape index (κ1) is 12.9. The lowest BCUT2D eigenvalue weighted by atomic mass is 10.0. The zero-order chi connectivity index (χ0) is 12.3. The first-order valence-corrected chi connectivity index (χ1v) is 6.82. The molecule has 0 heterocycles. The number of hydrogen-bond donors (Lipinski definition) is 1. The van der Waals surface area contributed by atoms with Crippen LogP contribution in [0.1, 0.15) is 31.4 Å². The number of hydrogen-bond acceptors (Lipinski definition) is 2. The molecule has 1 aliphatic rings. The van der Waals surface area contributed by atoms with E-state index in [1.54, 1.807) is 0 Å². The monoisotopic (exact) mass is 252 g/mol. The lowest BCUT2D eigenvalue weighted by Gasteiger charge is -2.30. The summed E-state index contributed by atoms with van der Waals surface area (Å²) in [5.74, 6) is 0.899. The molecule has 1 atom stereocenters. The summed E-state index contributed by atoms with van der Waals surface area (Å²) in [6.45, 7) is 5.12. The molecule has 2 nitrogen and oxygen atoms in total. The van der Waals surface area contributed by atoms with Gasteiger partial charge in [-0.3, -0.25) is 4.90 Å². The van der Waals surface area contributed by atoms with Crippen LogP contribution in [0.15, 0.2) is 24.3 Å². The normalized spacial score (nSPS) is 17.4. The van der Waals surface area contributed by atoms with Crippen molar-refractivity contribution in [2.75, 3.05) is 19.6 Å². The molecule has 94 valence electrons. The number of halogens is 1. The average Bonchev–Trinajstić information content (AvgIpc) is 3.15. The second kappa shape index (κ2) is 5.85. The summed E-state index contributed by atoms with van der Waals surface area (Å²) in [5.41, 5.74) is 7.22. The minimum absolute atomic E-state index is 0.331. The van der Waals surface area contributed by atoms with E-state index >= 15 is 0 Å². The van der Waals surface area contributed by atoms with Crippen LogP contribution in [0.4, 0.5) is 0 Å². The van der Waals surface area contributed by atoms with Gasteiger partial charge in [0, 0.05) is 24.2 Å². The molecule has 2 rings (SSSR count). The van der Waals surface area contributed by atoms with Crippen LogP contribution in [-0.4, -0.2) is 24.5 Å². The molecule has 0 radical (unpaired) electrons. The van der Waals surface area contributed by atoms with Crippen molar-refractivity contribution in [2.45, 2.75) is 25.8 Å². The van der Waals surface area contributed by atoms with E-state index in [2.05, 4.69) is 24.0 Å². The Morgan fingerprint density at radius 1 is 1.35 bits per heavy atom. The fraction of sp³-hybridized carbons (Fsp3) is 0.571. The Labute approximate surface area is 109 Å². The minimum Gasteiger partial charge on any atom is -0.329 e. The Balaban J connectivity index is 2.09. The van der Waals surface area contributed by atoms with Gasteiger partial charge in [-0.2, -0.15) is 0 Å². The molecule has 2 N–H and O–H groups in total. The Morgan fingerprint density at radius 2 is 2.00 bits per heavy atom. The van der Waals surface area contributed by atoms with E-state index in [1.807, 2.05) is 12.1 Å². The van der Waals surface area contributed by atoms with Crippen molar-refractivity contribution in [2.24, 2.45) is 11.7 Å². The summed E-state index contributed by atoms with van der Waals surface area (Å²) in [4.78, 5) is 2.49. The highest BCUT2D eigenvalue weighted by molar-refractivity contribution is 6.30. The Morgan fingerprint density at radius 3 is 2.47 bits per heavy atom. The van der Waals surface area contributed by atoms with Gasteiger partial charge in [-0.15, -0.1) is 0 Å². The summed E-state index contributed by atoms with van der Waals surface area (Å²) in [6.07, 6.45) is 2.77. The maximum Gasteiger partial charge on any atom is 0.0470 e. The fourth-order valence-corrected chi connectivity index (χ4v) is 2.42. The predicted octanol–water partition coefficient (Wildman–Crippen LogP) is 3.07. The van der Waals surface area contributed by atoms with E-state index in [-0.39, 0.29) is 0 Å². The van der Waals surface area contributed by atoms with Gasteiger partial charge in [0.25, 0.3) is 0 Å². The van der Waals surface area contributed by atoms with E-state index in [4.69, 9.17) is 17.3 Å². The highest BCUT2D eigenvalue weighted by Crippen LogP contribution is 2.32. The van der Waals surface area contributed by atoms with E-state index in [0.717, 1.165) is 17.5 Å². The first-order chi connectivity index (χ1) is 8.24. The van der Waals surface area contributed by atoms with Gasteiger partial charge in [0.1, 0.15) is 0 Å². The van der Waals surface area contributed by atoms with Crippen LogP contribution >= 0.6 is 11.6 Å². The molecule has 0 aromatic heterocycles. The van der Waals surface area contributed by atoms with E-state index in [0.29, 0.717) is 12.6 Å².